The Kier molecular flexibility index (Phi) is 7.75. The number of amides is 1. The zero-order valence-electron chi connectivity index (χ0n) is 18.4. The van der Waals surface area contributed by atoms with Crippen molar-refractivity contribution < 1.29 is 38.0 Å². The van der Waals surface area contributed by atoms with E-state index in [0.717, 1.165) is 6.26 Å². The molecule has 5 atom stereocenters. The number of hydrogen-bond donors (Lipinski definition) is 5. The van der Waals surface area contributed by atoms with Crippen LogP contribution in [0.3, 0.4) is 0 Å². The van der Waals surface area contributed by atoms with E-state index in [4.69, 9.17) is 9.47 Å². The molecule has 0 saturated carbocycles. The maximum atomic E-state index is 11.7. The van der Waals surface area contributed by atoms with Crippen molar-refractivity contribution in [2.24, 2.45) is 0 Å². The second-order valence-electron chi connectivity index (χ2n) is 7.80. The standard InChI is InChI=1S/C22H25N3O8S/c1-12(27)24-19-21(29)20(28)17(11-26)33-22(19)32-16-8-4-6-14(10-23)18(16)13-5-3-7-15(9-13)25-34(2,30)31/h3-9,17,19-22,25-26,28-29H,11H2,1-2H3,(H,24,27)/t17?,19?,20-,21?,22+/m0/s1. The van der Waals surface area contributed by atoms with E-state index in [9.17, 15) is 33.8 Å². The number of nitrogens with zero attached hydrogens (tertiary/aromatic N) is 1. The van der Waals surface area contributed by atoms with Gasteiger partial charge in [-0.05, 0) is 29.8 Å². The largest absolute Gasteiger partial charge is 0.462 e. The van der Waals surface area contributed by atoms with Crippen LogP contribution in [0.2, 0.25) is 0 Å². The molecule has 2 aromatic carbocycles. The molecule has 1 amide bonds. The van der Waals surface area contributed by atoms with Gasteiger partial charge >= 0.3 is 0 Å². The molecule has 0 bridgehead atoms. The van der Waals surface area contributed by atoms with Gasteiger partial charge < -0.3 is 30.1 Å². The molecule has 3 unspecified atom stereocenters. The Morgan fingerprint density at radius 3 is 2.53 bits per heavy atom. The van der Waals surface area contributed by atoms with Gasteiger partial charge in [-0.25, -0.2) is 8.42 Å². The van der Waals surface area contributed by atoms with Crippen molar-refractivity contribution in [2.45, 2.75) is 37.6 Å². The number of carbonyl (C=O) groups is 1. The molecule has 1 aliphatic rings. The molecule has 0 radical (unpaired) electrons. The minimum Gasteiger partial charge on any atom is -0.462 e. The van der Waals surface area contributed by atoms with Gasteiger partial charge in [0.1, 0.15) is 30.1 Å². The van der Waals surface area contributed by atoms with Crippen LogP contribution in [0.25, 0.3) is 11.1 Å². The summed E-state index contributed by atoms with van der Waals surface area (Å²) in [6, 6.07) is 11.8. The van der Waals surface area contributed by atoms with Gasteiger partial charge in [-0.1, -0.05) is 18.2 Å². The summed E-state index contributed by atoms with van der Waals surface area (Å²) in [6.45, 7) is 0.603. The zero-order valence-corrected chi connectivity index (χ0v) is 19.2. The number of nitriles is 1. The first kappa shape index (κ1) is 25.4. The number of anilines is 1. The van der Waals surface area contributed by atoms with E-state index in [2.05, 4.69) is 16.1 Å². The molecule has 1 heterocycles. The van der Waals surface area contributed by atoms with Gasteiger partial charge in [0.2, 0.25) is 22.2 Å². The minimum absolute atomic E-state index is 0.135. The van der Waals surface area contributed by atoms with Gasteiger partial charge in [-0.3, -0.25) is 9.52 Å². The van der Waals surface area contributed by atoms with E-state index in [-0.39, 0.29) is 17.0 Å². The van der Waals surface area contributed by atoms with Gasteiger partial charge in [-0.15, -0.1) is 0 Å². The Bertz CT molecular complexity index is 1200. The predicted molar refractivity (Wildman–Crippen MR) is 121 cm³/mol. The summed E-state index contributed by atoms with van der Waals surface area (Å²) in [5, 5.41) is 42.4. The molecule has 0 spiro atoms. The highest BCUT2D eigenvalue weighted by Gasteiger charge is 2.46. The van der Waals surface area contributed by atoms with E-state index in [1.54, 1.807) is 30.3 Å². The Balaban J connectivity index is 2.05. The highest BCUT2D eigenvalue weighted by Crippen LogP contribution is 2.36. The molecule has 1 aliphatic heterocycles. The first-order valence-corrected chi connectivity index (χ1v) is 12.1. The van der Waals surface area contributed by atoms with Gasteiger partial charge in [0.25, 0.3) is 0 Å². The lowest BCUT2D eigenvalue weighted by molar-refractivity contribution is -0.244. The molecule has 0 aromatic heterocycles. The molecule has 11 nitrogen and oxygen atoms in total. The number of ether oxygens (including phenoxy) is 2. The number of sulfonamides is 1. The summed E-state index contributed by atoms with van der Waals surface area (Å²) in [6.07, 6.45) is -4.49. The maximum Gasteiger partial charge on any atom is 0.229 e. The lowest BCUT2D eigenvalue weighted by Crippen LogP contribution is -2.65. The summed E-state index contributed by atoms with van der Waals surface area (Å²) in [4.78, 5) is 11.7. The fourth-order valence-electron chi connectivity index (χ4n) is 3.67. The van der Waals surface area contributed by atoms with Crippen LogP contribution in [0.4, 0.5) is 5.69 Å². The SMILES string of the molecule is CC(=O)NC1C(O)[C@@H](O)C(CO)O[C@H]1Oc1cccc(C#N)c1-c1cccc(NS(C)(=O)=O)c1. The summed E-state index contributed by atoms with van der Waals surface area (Å²) >= 11 is 0. The Morgan fingerprint density at radius 1 is 1.21 bits per heavy atom. The van der Waals surface area contributed by atoms with E-state index >= 15 is 0 Å². The predicted octanol–water partition coefficient (Wildman–Crippen LogP) is -0.0807. The molecule has 2 aromatic rings. The van der Waals surface area contributed by atoms with Crippen LogP contribution < -0.4 is 14.8 Å². The fourth-order valence-corrected chi connectivity index (χ4v) is 4.22. The van der Waals surface area contributed by atoms with Crippen molar-refractivity contribution in [2.75, 3.05) is 17.6 Å². The summed E-state index contributed by atoms with van der Waals surface area (Å²) in [5.74, 6) is -0.377. The fraction of sp³-hybridized carbons (Fsp3) is 0.364. The van der Waals surface area contributed by atoms with Crippen LogP contribution in [-0.4, -0.2) is 73.2 Å². The maximum absolute atomic E-state index is 11.7. The molecular formula is C22H25N3O8S. The minimum atomic E-state index is -3.55. The van der Waals surface area contributed by atoms with Crippen LogP contribution in [0.5, 0.6) is 5.75 Å². The van der Waals surface area contributed by atoms with E-state index in [0.29, 0.717) is 11.1 Å². The summed E-state index contributed by atoms with van der Waals surface area (Å²) < 4.78 is 37.2. The Hall–Kier alpha value is -3.21. The molecule has 0 aliphatic carbocycles. The van der Waals surface area contributed by atoms with Crippen LogP contribution in [-0.2, 0) is 19.6 Å². The number of benzene rings is 2. The topological polar surface area (TPSA) is 178 Å². The van der Waals surface area contributed by atoms with Gasteiger partial charge in [0.05, 0.1) is 24.5 Å². The van der Waals surface area contributed by atoms with Crippen molar-refractivity contribution in [1.29, 1.82) is 5.26 Å². The van der Waals surface area contributed by atoms with Crippen molar-refractivity contribution >= 4 is 21.6 Å². The van der Waals surface area contributed by atoms with E-state index < -0.39 is 53.2 Å². The second kappa shape index (κ2) is 10.4. The normalized spacial score (nSPS) is 24.6. The molecule has 1 fully saturated rings. The summed E-state index contributed by atoms with van der Waals surface area (Å²) in [7, 11) is -3.55. The van der Waals surface area contributed by atoms with Gasteiger partial charge in [-0.2, -0.15) is 5.26 Å². The lowest BCUT2D eigenvalue weighted by atomic mass is 9.96. The Labute approximate surface area is 196 Å². The van der Waals surface area contributed by atoms with Gasteiger partial charge in [0.15, 0.2) is 0 Å². The highest BCUT2D eigenvalue weighted by atomic mass is 32.2. The second-order valence-corrected chi connectivity index (χ2v) is 9.54. The summed E-state index contributed by atoms with van der Waals surface area (Å²) in [5.41, 5.74) is 1.24. The highest BCUT2D eigenvalue weighted by molar-refractivity contribution is 7.92. The first-order chi connectivity index (χ1) is 16.0. The third-order valence-corrected chi connectivity index (χ3v) is 5.70. The average Bonchev–Trinajstić information content (AvgIpc) is 2.77. The third-order valence-electron chi connectivity index (χ3n) is 5.10. The first-order valence-electron chi connectivity index (χ1n) is 10.2. The number of carbonyl (C=O) groups excluding carboxylic acids is 1. The van der Waals surface area contributed by atoms with Gasteiger partial charge in [0, 0.05) is 18.2 Å². The molecule has 12 heteroatoms. The quantitative estimate of drug-likeness (QED) is 0.354. The zero-order chi connectivity index (χ0) is 25.0. The smallest absolute Gasteiger partial charge is 0.229 e. The van der Waals surface area contributed by atoms with Crippen molar-refractivity contribution in [3.8, 4) is 22.9 Å². The van der Waals surface area contributed by atoms with Crippen LogP contribution in [0, 0.1) is 11.3 Å². The molecule has 182 valence electrons. The van der Waals surface area contributed by atoms with Crippen LogP contribution in [0.15, 0.2) is 42.5 Å². The number of aliphatic hydroxyl groups is 3. The van der Waals surface area contributed by atoms with Crippen molar-refractivity contribution in [3.05, 3.63) is 48.0 Å². The number of hydrogen-bond acceptors (Lipinski definition) is 9. The van der Waals surface area contributed by atoms with Crippen molar-refractivity contribution in [3.63, 3.8) is 0 Å². The monoisotopic (exact) mass is 491 g/mol. The molecule has 1 saturated heterocycles. The molecular weight excluding hydrogens is 466 g/mol. The van der Waals surface area contributed by atoms with Crippen LogP contribution >= 0.6 is 0 Å². The molecule has 5 N–H and O–H groups in total. The number of nitrogens with one attached hydrogen (secondary N) is 2. The molecule has 3 rings (SSSR count). The third kappa shape index (κ3) is 5.82. The number of rotatable bonds is 7. The average molecular weight is 492 g/mol. The van der Waals surface area contributed by atoms with E-state index in [1.165, 1.54) is 19.1 Å². The molecule has 34 heavy (non-hydrogen) atoms. The lowest BCUT2D eigenvalue weighted by Gasteiger charge is -2.42. The van der Waals surface area contributed by atoms with Crippen molar-refractivity contribution in [1.82, 2.24) is 5.32 Å². The van der Waals surface area contributed by atoms with E-state index in [1.807, 2.05) is 0 Å². The van der Waals surface area contributed by atoms with Crippen LogP contribution in [0.1, 0.15) is 12.5 Å². The number of aliphatic hydroxyl groups excluding tert-OH is 3. The Morgan fingerprint density at radius 2 is 1.91 bits per heavy atom.